The topological polar surface area (TPSA) is 83.4 Å². The summed E-state index contributed by atoms with van der Waals surface area (Å²) in [6.45, 7) is 4.41. The first-order valence-corrected chi connectivity index (χ1v) is 12.7. The average molecular weight is 495 g/mol. The Bertz CT molecular complexity index is 1220. The highest BCUT2D eigenvalue weighted by atomic mass is 32.2. The third-order valence-corrected chi connectivity index (χ3v) is 7.30. The molecule has 10 heteroatoms. The SMILES string of the molecule is C[C@H](Sc1nnc(CN2CCCCC2)n1-c1ccc(F)cc1)C(=O)N1CC(=O)Nc2ccccc21. The van der Waals surface area contributed by atoms with Gasteiger partial charge in [-0.2, -0.15) is 0 Å². The number of thioether (sulfide) groups is 1. The van der Waals surface area contributed by atoms with Crippen molar-refractivity contribution in [2.24, 2.45) is 0 Å². The molecule has 2 amide bonds. The first kappa shape index (κ1) is 23.5. The first-order chi connectivity index (χ1) is 17.0. The van der Waals surface area contributed by atoms with Gasteiger partial charge in [0.05, 0.1) is 23.2 Å². The van der Waals surface area contributed by atoms with Crippen molar-refractivity contribution >= 4 is 35.0 Å². The molecular weight excluding hydrogens is 467 g/mol. The predicted molar refractivity (Wildman–Crippen MR) is 133 cm³/mol. The number of carbonyl (C=O) groups excluding carboxylic acids is 2. The maximum atomic E-state index is 13.6. The minimum Gasteiger partial charge on any atom is -0.323 e. The molecule has 3 heterocycles. The summed E-state index contributed by atoms with van der Waals surface area (Å²) >= 11 is 1.28. The molecule has 1 saturated heterocycles. The van der Waals surface area contributed by atoms with Crippen LogP contribution < -0.4 is 10.2 Å². The number of likely N-dealkylation sites (tertiary alicyclic amines) is 1. The predicted octanol–water partition coefficient (Wildman–Crippen LogP) is 3.86. The Balaban J connectivity index is 1.42. The molecule has 0 radical (unpaired) electrons. The molecule has 0 bridgehead atoms. The van der Waals surface area contributed by atoms with E-state index in [4.69, 9.17) is 0 Å². The monoisotopic (exact) mass is 494 g/mol. The molecule has 8 nitrogen and oxygen atoms in total. The summed E-state index contributed by atoms with van der Waals surface area (Å²) in [6, 6.07) is 13.5. The van der Waals surface area contributed by atoms with Gasteiger partial charge in [-0.15, -0.1) is 10.2 Å². The molecule has 2 aliphatic heterocycles. The molecule has 0 unspecified atom stereocenters. The Morgan fingerprint density at radius 1 is 1.09 bits per heavy atom. The Kier molecular flexibility index (Phi) is 6.83. The van der Waals surface area contributed by atoms with E-state index in [1.54, 1.807) is 25.1 Å². The van der Waals surface area contributed by atoms with Crippen LogP contribution in [0.4, 0.5) is 15.8 Å². The number of fused-ring (bicyclic) bond motifs is 1. The first-order valence-electron chi connectivity index (χ1n) is 11.8. The van der Waals surface area contributed by atoms with Gasteiger partial charge in [0.25, 0.3) is 0 Å². The zero-order valence-corrected chi connectivity index (χ0v) is 20.3. The number of nitrogens with zero attached hydrogens (tertiary/aromatic N) is 5. The van der Waals surface area contributed by atoms with Crippen LogP contribution in [0.3, 0.4) is 0 Å². The second-order valence-electron chi connectivity index (χ2n) is 8.80. The van der Waals surface area contributed by atoms with Crippen molar-refractivity contribution in [2.45, 2.75) is 43.1 Å². The van der Waals surface area contributed by atoms with Gasteiger partial charge < -0.3 is 5.32 Å². The fraction of sp³-hybridized carbons (Fsp3) is 0.360. The Hall–Kier alpha value is -3.24. The zero-order chi connectivity index (χ0) is 24.4. The van der Waals surface area contributed by atoms with E-state index in [0.29, 0.717) is 23.1 Å². The number of piperidine rings is 1. The Morgan fingerprint density at radius 3 is 2.60 bits per heavy atom. The molecule has 1 aromatic heterocycles. The van der Waals surface area contributed by atoms with Crippen molar-refractivity contribution in [2.75, 3.05) is 29.9 Å². The third-order valence-electron chi connectivity index (χ3n) is 6.27. The van der Waals surface area contributed by atoms with Crippen LogP contribution in [0.5, 0.6) is 0 Å². The van der Waals surface area contributed by atoms with Crippen molar-refractivity contribution in [3.63, 3.8) is 0 Å². The third kappa shape index (κ3) is 5.08. The lowest BCUT2D eigenvalue weighted by atomic mass is 10.1. The number of hydrogen-bond acceptors (Lipinski definition) is 6. The van der Waals surface area contributed by atoms with Crippen molar-refractivity contribution in [1.82, 2.24) is 19.7 Å². The van der Waals surface area contributed by atoms with Crippen LogP contribution in [0.2, 0.25) is 0 Å². The maximum absolute atomic E-state index is 13.6. The molecule has 1 fully saturated rings. The maximum Gasteiger partial charge on any atom is 0.244 e. The van der Waals surface area contributed by atoms with Gasteiger partial charge in [-0.3, -0.25) is 24.0 Å². The largest absolute Gasteiger partial charge is 0.323 e. The molecule has 35 heavy (non-hydrogen) atoms. The molecule has 0 saturated carbocycles. The highest BCUT2D eigenvalue weighted by Crippen LogP contribution is 2.33. The second-order valence-corrected chi connectivity index (χ2v) is 10.1. The lowest BCUT2D eigenvalue weighted by molar-refractivity contribution is -0.121. The molecule has 1 N–H and O–H groups in total. The number of aromatic nitrogens is 3. The number of hydrogen-bond donors (Lipinski definition) is 1. The van der Waals surface area contributed by atoms with E-state index in [-0.39, 0.29) is 24.2 Å². The van der Waals surface area contributed by atoms with Crippen LogP contribution in [0.1, 0.15) is 32.0 Å². The molecule has 2 aromatic carbocycles. The normalized spacial score (nSPS) is 17.1. The molecule has 2 aliphatic rings. The van der Waals surface area contributed by atoms with Crippen molar-refractivity contribution in [3.8, 4) is 5.69 Å². The smallest absolute Gasteiger partial charge is 0.244 e. The van der Waals surface area contributed by atoms with Crippen LogP contribution in [-0.4, -0.2) is 56.4 Å². The summed E-state index contributed by atoms with van der Waals surface area (Å²) in [5, 5.41) is 11.7. The van der Waals surface area contributed by atoms with Crippen LogP contribution in [0.15, 0.2) is 53.7 Å². The summed E-state index contributed by atoms with van der Waals surface area (Å²) in [6.07, 6.45) is 3.55. The van der Waals surface area contributed by atoms with E-state index < -0.39 is 5.25 Å². The van der Waals surface area contributed by atoms with Gasteiger partial charge in [-0.1, -0.05) is 30.3 Å². The lowest BCUT2D eigenvalue weighted by Crippen LogP contribution is -2.45. The van der Waals surface area contributed by atoms with E-state index in [9.17, 15) is 14.0 Å². The van der Waals surface area contributed by atoms with Crippen molar-refractivity contribution in [1.29, 1.82) is 0 Å². The quantitative estimate of drug-likeness (QED) is 0.524. The molecular formula is C25H27FN6O2S. The Labute approximate surface area is 207 Å². The number of rotatable bonds is 6. The summed E-state index contributed by atoms with van der Waals surface area (Å²) in [4.78, 5) is 29.5. The minimum atomic E-state index is -0.528. The molecule has 3 aromatic rings. The summed E-state index contributed by atoms with van der Waals surface area (Å²) in [7, 11) is 0. The molecule has 0 aliphatic carbocycles. The molecule has 182 valence electrons. The fourth-order valence-electron chi connectivity index (χ4n) is 4.50. The van der Waals surface area contributed by atoms with Gasteiger partial charge in [0, 0.05) is 5.69 Å². The van der Waals surface area contributed by atoms with Gasteiger partial charge in [0.15, 0.2) is 11.0 Å². The van der Waals surface area contributed by atoms with Gasteiger partial charge in [-0.25, -0.2) is 4.39 Å². The van der Waals surface area contributed by atoms with Gasteiger partial charge in [0.2, 0.25) is 11.8 Å². The van der Waals surface area contributed by atoms with E-state index in [1.165, 1.54) is 35.2 Å². The number of amides is 2. The highest BCUT2D eigenvalue weighted by Gasteiger charge is 2.31. The highest BCUT2D eigenvalue weighted by molar-refractivity contribution is 8.00. The average Bonchev–Trinajstić information content (AvgIpc) is 3.25. The lowest BCUT2D eigenvalue weighted by Gasteiger charge is -2.30. The van der Waals surface area contributed by atoms with E-state index in [0.717, 1.165) is 37.4 Å². The summed E-state index contributed by atoms with van der Waals surface area (Å²) in [5.41, 5.74) is 2.04. The van der Waals surface area contributed by atoms with E-state index in [2.05, 4.69) is 20.4 Å². The Morgan fingerprint density at radius 2 is 1.83 bits per heavy atom. The molecule has 1 atom stereocenters. The minimum absolute atomic E-state index is 0.0361. The standard InChI is InChI=1S/C25H27FN6O2S/c1-17(24(34)31-16-23(33)27-20-7-3-4-8-21(20)31)35-25-29-28-22(15-30-13-5-2-6-14-30)32(25)19-11-9-18(26)10-12-19/h3-4,7-12,17H,2,5-6,13-16H2,1H3,(H,27,33)/t17-/m0/s1. The van der Waals surface area contributed by atoms with Gasteiger partial charge >= 0.3 is 0 Å². The van der Waals surface area contributed by atoms with Crippen molar-refractivity contribution < 1.29 is 14.0 Å². The van der Waals surface area contributed by atoms with Gasteiger partial charge in [-0.05, 0) is 69.3 Å². The number of carbonyl (C=O) groups is 2. The molecule has 0 spiro atoms. The number of benzene rings is 2. The van der Waals surface area contributed by atoms with E-state index in [1.807, 2.05) is 22.8 Å². The van der Waals surface area contributed by atoms with E-state index >= 15 is 0 Å². The number of nitrogens with one attached hydrogen (secondary N) is 1. The summed E-state index contributed by atoms with van der Waals surface area (Å²) in [5.74, 6) is 0.0126. The molecule has 5 rings (SSSR count). The van der Waals surface area contributed by atoms with Crippen LogP contribution in [0.25, 0.3) is 5.69 Å². The zero-order valence-electron chi connectivity index (χ0n) is 19.5. The summed E-state index contributed by atoms with van der Waals surface area (Å²) < 4.78 is 15.5. The number of halogens is 1. The van der Waals surface area contributed by atoms with Crippen LogP contribution in [0, 0.1) is 5.82 Å². The number of anilines is 2. The fourth-order valence-corrected chi connectivity index (χ4v) is 5.45. The van der Waals surface area contributed by atoms with Crippen LogP contribution in [-0.2, 0) is 16.1 Å². The second kappa shape index (κ2) is 10.2. The number of para-hydroxylation sites is 2. The van der Waals surface area contributed by atoms with Crippen molar-refractivity contribution in [3.05, 3.63) is 60.2 Å². The van der Waals surface area contributed by atoms with Gasteiger partial charge in [0.1, 0.15) is 12.4 Å². The van der Waals surface area contributed by atoms with Crippen LogP contribution >= 0.6 is 11.8 Å².